The number of hydrogen-bond acceptors (Lipinski definition) is 4. The van der Waals surface area contributed by atoms with Crippen LogP contribution in [-0.4, -0.2) is 32.4 Å². The largest absolute Gasteiger partial charge is 0.495 e. The number of halogens is 1. The van der Waals surface area contributed by atoms with Gasteiger partial charge in [0, 0.05) is 11.6 Å². The predicted octanol–water partition coefficient (Wildman–Crippen LogP) is 2.87. The summed E-state index contributed by atoms with van der Waals surface area (Å²) in [6, 6.07) is 1.60. The molecule has 0 bridgehead atoms. The van der Waals surface area contributed by atoms with E-state index in [1.807, 2.05) is 0 Å². The molecule has 0 saturated heterocycles. The zero-order valence-electron chi connectivity index (χ0n) is 11.7. The molecule has 0 aliphatic heterocycles. The molecule has 1 aliphatic rings. The molecule has 0 amide bonds. The van der Waals surface area contributed by atoms with Crippen molar-refractivity contribution in [2.45, 2.75) is 24.7 Å². The lowest BCUT2D eigenvalue weighted by molar-refractivity contribution is -0.147. The van der Waals surface area contributed by atoms with Crippen molar-refractivity contribution in [2.75, 3.05) is 21.3 Å². The lowest BCUT2D eigenvalue weighted by atomic mass is 9.64. The molecule has 1 fully saturated rings. The maximum Gasteiger partial charge on any atom is 0.314 e. The highest BCUT2D eigenvalue weighted by Crippen LogP contribution is 2.55. The number of rotatable bonds is 5. The zero-order chi connectivity index (χ0) is 14.9. The van der Waals surface area contributed by atoms with Crippen molar-refractivity contribution < 1.29 is 24.1 Å². The summed E-state index contributed by atoms with van der Waals surface area (Å²) in [5, 5.41) is 9.88. The standard InChI is InChI=1S/C14H17ClO5/c1-18-8-7-9(19-2)12(20-3)10(11(8)15)14(13(16)17)5-4-6-14/h7H,4-6H2,1-3H3,(H,16,17). The smallest absolute Gasteiger partial charge is 0.314 e. The summed E-state index contributed by atoms with van der Waals surface area (Å²) >= 11 is 6.34. The van der Waals surface area contributed by atoms with E-state index < -0.39 is 11.4 Å². The first-order valence-corrected chi connectivity index (χ1v) is 6.62. The van der Waals surface area contributed by atoms with Crippen molar-refractivity contribution in [2.24, 2.45) is 0 Å². The monoisotopic (exact) mass is 300 g/mol. The maximum absolute atomic E-state index is 11.7. The summed E-state index contributed by atoms with van der Waals surface area (Å²) in [5.74, 6) is 0.253. The lowest BCUT2D eigenvalue weighted by Crippen LogP contribution is -2.43. The second-order valence-electron chi connectivity index (χ2n) is 4.74. The van der Waals surface area contributed by atoms with E-state index in [9.17, 15) is 9.90 Å². The second-order valence-corrected chi connectivity index (χ2v) is 5.12. The van der Waals surface area contributed by atoms with Gasteiger partial charge in [0.25, 0.3) is 0 Å². The van der Waals surface area contributed by atoms with Crippen LogP contribution in [0.5, 0.6) is 17.2 Å². The Morgan fingerprint density at radius 2 is 1.80 bits per heavy atom. The van der Waals surface area contributed by atoms with Crippen molar-refractivity contribution >= 4 is 17.6 Å². The number of ether oxygens (including phenoxy) is 3. The van der Waals surface area contributed by atoms with Gasteiger partial charge in [-0.25, -0.2) is 0 Å². The van der Waals surface area contributed by atoms with Crippen LogP contribution in [0.1, 0.15) is 24.8 Å². The van der Waals surface area contributed by atoms with Crippen LogP contribution in [0.25, 0.3) is 0 Å². The number of carboxylic acids is 1. The Labute approximate surface area is 122 Å². The molecule has 0 radical (unpaired) electrons. The Morgan fingerprint density at radius 3 is 2.15 bits per heavy atom. The van der Waals surface area contributed by atoms with Gasteiger partial charge < -0.3 is 19.3 Å². The third kappa shape index (κ3) is 1.97. The van der Waals surface area contributed by atoms with Crippen molar-refractivity contribution in [1.82, 2.24) is 0 Å². The van der Waals surface area contributed by atoms with Crippen molar-refractivity contribution in [3.05, 3.63) is 16.7 Å². The van der Waals surface area contributed by atoms with Gasteiger partial charge in [0.05, 0.1) is 31.8 Å². The van der Waals surface area contributed by atoms with Crippen LogP contribution in [-0.2, 0) is 10.2 Å². The molecule has 0 spiro atoms. The van der Waals surface area contributed by atoms with Gasteiger partial charge in [0.2, 0.25) is 0 Å². The average Bonchev–Trinajstić information content (AvgIpc) is 2.38. The number of benzene rings is 1. The predicted molar refractivity (Wildman–Crippen MR) is 74.3 cm³/mol. The highest BCUT2D eigenvalue weighted by atomic mass is 35.5. The Morgan fingerprint density at radius 1 is 1.20 bits per heavy atom. The minimum Gasteiger partial charge on any atom is -0.495 e. The van der Waals surface area contributed by atoms with Crippen molar-refractivity contribution in [1.29, 1.82) is 0 Å². The minimum atomic E-state index is -1.02. The molecule has 1 N–H and O–H groups in total. The summed E-state index contributed by atoms with van der Waals surface area (Å²) in [6.45, 7) is 0. The van der Waals surface area contributed by atoms with E-state index in [1.54, 1.807) is 6.07 Å². The van der Waals surface area contributed by atoms with Gasteiger partial charge in [-0.2, -0.15) is 0 Å². The fourth-order valence-corrected chi connectivity index (χ4v) is 3.02. The lowest BCUT2D eigenvalue weighted by Gasteiger charge is -2.39. The van der Waals surface area contributed by atoms with E-state index in [2.05, 4.69) is 0 Å². The Kier molecular flexibility index (Phi) is 3.99. The van der Waals surface area contributed by atoms with E-state index in [4.69, 9.17) is 25.8 Å². The first-order valence-electron chi connectivity index (χ1n) is 6.24. The minimum absolute atomic E-state index is 0.271. The summed E-state index contributed by atoms with van der Waals surface area (Å²) < 4.78 is 15.8. The zero-order valence-corrected chi connectivity index (χ0v) is 12.4. The molecular weight excluding hydrogens is 284 g/mol. The molecule has 0 unspecified atom stereocenters. The van der Waals surface area contributed by atoms with Crippen LogP contribution in [0.4, 0.5) is 0 Å². The first kappa shape index (κ1) is 14.8. The molecule has 0 atom stereocenters. The molecule has 5 nitrogen and oxygen atoms in total. The van der Waals surface area contributed by atoms with Gasteiger partial charge in [0.15, 0.2) is 11.5 Å². The highest BCUT2D eigenvalue weighted by Gasteiger charge is 2.50. The van der Waals surface area contributed by atoms with E-state index in [0.717, 1.165) is 6.42 Å². The van der Waals surface area contributed by atoms with Crippen LogP contribution >= 0.6 is 11.6 Å². The van der Waals surface area contributed by atoms with Crippen LogP contribution < -0.4 is 14.2 Å². The molecular formula is C14H17ClO5. The highest BCUT2D eigenvalue weighted by molar-refractivity contribution is 6.33. The van der Waals surface area contributed by atoms with Gasteiger partial charge in [-0.1, -0.05) is 18.0 Å². The molecule has 0 heterocycles. The average molecular weight is 301 g/mol. The second kappa shape index (κ2) is 5.40. The van der Waals surface area contributed by atoms with E-state index in [1.165, 1.54) is 21.3 Å². The topological polar surface area (TPSA) is 65.0 Å². The van der Waals surface area contributed by atoms with Crippen LogP contribution in [0.15, 0.2) is 6.07 Å². The summed E-state index contributed by atoms with van der Waals surface area (Å²) in [4.78, 5) is 11.7. The fourth-order valence-electron chi connectivity index (χ4n) is 2.63. The Balaban J connectivity index is 2.75. The van der Waals surface area contributed by atoms with Crippen LogP contribution in [0, 0.1) is 0 Å². The molecule has 6 heteroatoms. The summed E-state index contributed by atoms with van der Waals surface area (Å²) in [7, 11) is 4.44. The summed E-state index contributed by atoms with van der Waals surface area (Å²) in [6.07, 6.45) is 1.88. The van der Waals surface area contributed by atoms with Gasteiger partial charge in [-0.05, 0) is 12.8 Å². The fraction of sp³-hybridized carbons (Fsp3) is 0.500. The SMILES string of the molecule is COc1cc(OC)c(OC)c(C2(C(=O)O)CCC2)c1Cl. The number of carbonyl (C=O) groups is 1. The number of carboxylic acid groups (broad SMARTS) is 1. The van der Waals surface area contributed by atoms with Crippen molar-refractivity contribution in [3.8, 4) is 17.2 Å². The number of methoxy groups -OCH3 is 3. The molecule has 1 aliphatic carbocycles. The molecule has 110 valence electrons. The Bertz CT molecular complexity index is 537. The summed E-state index contributed by atoms with van der Waals surface area (Å²) in [5.41, 5.74) is -0.582. The number of hydrogen-bond donors (Lipinski definition) is 1. The van der Waals surface area contributed by atoms with Gasteiger partial charge >= 0.3 is 5.97 Å². The van der Waals surface area contributed by atoms with Gasteiger partial charge in [-0.15, -0.1) is 0 Å². The molecule has 1 saturated carbocycles. The molecule has 1 aromatic rings. The molecule has 1 aromatic carbocycles. The molecule has 0 aromatic heterocycles. The van der Waals surface area contributed by atoms with Crippen LogP contribution in [0.2, 0.25) is 5.02 Å². The molecule has 20 heavy (non-hydrogen) atoms. The van der Waals surface area contributed by atoms with Crippen molar-refractivity contribution in [3.63, 3.8) is 0 Å². The third-order valence-electron chi connectivity index (χ3n) is 3.89. The van der Waals surface area contributed by atoms with E-state index in [-0.39, 0.29) is 5.02 Å². The number of aliphatic carboxylic acids is 1. The third-order valence-corrected chi connectivity index (χ3v) is 4.26. The first-order chi connectivity index (χ1) is 9.51. The maximum atomic E-state index is 11.7. The normalized spacial score (nSPS) is 16.2. The molecule has 2 rings (SSSR count). The van der Waals surface area contributed by atoms with Gasteiger partial charge in [0.1, 0.15) is 5.75 Å². The Hall–Kier alpha value is -1.62. The van der Waals surface area contributed by atoms with E-state index >= 15 is 0 Å². The van der Waals surface area contributed by atoms with Gasteiger partial charge in [-0.3, -0.25) is 4.79 Å². The quantitative estimate of drug-likeness (QED) is 0.906. The van der Waals surface area contributed by atoms with E-state index in [0.29, 0.717) is 35.7 Å². The van der Waals surface area contributed by atoms with Crippen LogP contribution in [0.3, 0.4) is 0 Å².